The smallest absolute Gasteiger partial charge is 0.433 e. The van der Waals surface area contributed by atoms with Gasteiger partial charge in [-0.15, -0.1) is 5.43 Å². The van der Waals surface area contributed by atoms with Gasteiger partial charge in [-0.2, -0.15) is 44.6 Å². The summed E-state index contributed by atoms with van der Waals surface area (Å²) in [7, 11) is 0. The Morgan fingerprint density at radius 1 is 1.07 bits per heavy atom. The molecule has 1 aliphatic rings. The number of aromatic nitrogens is 1. The highest BCUT2D eigenvalue weighted by Gasteiger charge is 2.44. The van der Waals surface area contributed by atoms with Crippen LogP contribution in [-0.4, -0.2) is 46.8 Å². The second-order valence-electron chi connectivity index (χ2n) is 10.5. The molecule has 10 nitrogen and oxygen atoms in total. The topological polar surface area (TPSA) is 134 Å². The van der Waals surface area contributed by atoms with E-state index in [1.54, 1.807) is 20.8 Å². The zero-order chi connectivity index (χ0) is 34.6. The van der Waals surface area contributed by atoms with E-state index in [1.165, 1.54) is 0 Å². The van der Waals surface area contributed by atoms with Crippen molar-refractivity contribution in [2.24, 2.45) is 21.8 Å². The van der Waals surface area contributed by atoms with Gasteiger partial charge in [0.2, 0.25) is 0 Å². The van der Waals surface area contributed by atoms with Crippen LogP contribution in [0, 0.1) is 0 Å². The lowest BCUT2D eigenvalue weighted by molar-refractivity contribution is -0.593. The number of anilines is 1. The first-order valence-electron chi connectivity index (χ1n) is 13.9. The van der Waals surface area contributed by atoms with E-state index in [-0.39, 0.29) is 43.4 Å². The van der Waals surface area contributed by atoms with Gasteiger partial charge in [0, 0.05) is 19.0 Å². The van der Waals surface area contributed by atoms with Crippen molar-refractivity contribution >= 4 is 17.7 Å². The van der Waals surface area contributed by atoms with Gasteiger partial charge in [0.05, 0.1) is 36.0 Å². The van der Waals surface area contributed by atoms with Gasteiger partial charge in [-0.3, -0.25) is 15.2 Å². The van der Waals surface area contributed by atoms with Crippen LogP contribution in [0.15, 0.2) is 40.7 Å². The Balaban J connectivity index is 2.31. The standard InChI is InChI=1S/C27H31F9N8O2/c1-4-18-12-20(22-19(44(18)24(45)46-14(2)3)5-6-21(40-22)27(34,35)36)43(23(38)41-42-39-8-7-37)13-15-9-16(25(28,29)30)11-17(10-15)26(31,32)33/h5-6,9-11,14,18,20H,4,7-8,12-13,37H2,1-3H3,(H2,38,39,41)/p+1/t18-,20+/m0/s1. The number of ether oxygens (including phenoxy) is 1. The van der Waals surface area contributed by atoms with E-state index >= 15 is 0 Å². The molecule has 254 valence electrons. The number of amides is 1. The third-order valence-corrected chi connectivity index (χ3v) is 6.78. The molecule has 5 N–H and O–H groups in total. The molecule has 1 aromatic heterocycles. The van der Waals surface area contributed by atoms with E-state index in [0.29, 0.717) is 18.2 Å². The van der Waals surface area contributed by atoms with Crippen LogP contribution in [0.2, 0.25) is 0 Å². The molecule has 3 rings (SSSR count). The molecule has 0 radical (unpaired) electrons. The van der Waals surface area contributed by atoms with Crippen LogP contribution in [-0.2, 0) is 29.8 Å². The number of rotatable bonds is 8. The number of guanidine groups is 1. The molecule has 0 unspecified atom stereocenters. The molecule has 0 aliphatic carbocycles. The van der Waals surface area contributed by atoms with Crippen molar-refractivity contribution in [1.82, 2.24) is 10.4 Å². The summed E-state index contributed by atoms with van der Waals surface area (Å²) in [4.78, 5) is 18.0. The van der Waals surface area contributed by atoms with Crippen LogP contribution in [0.25, 0.3) is 0 Å². The van der Waals surface area contributed by atoms with Gasteiger partial charge in [0.15, 0.2) is 0 Å². The molecule has 0 bridgehead atoms. The largest absolute Gasteiger partial charge is 0.446 e. The van der Waals surface area contributed by atoms with Gasteiger partial charge < -0.3 is 10.5 Å². The van der Waals surface area contributed by atoms with Crippen molar-refractivity contribution in [2.45, 2.75) is 76.9 Å². The highest BCUT2D eigenvalue weighted by Crippen LogP contribution is 2.43. The Morgan fingerprint density at radius 2 is 1.67 bits per heavy atom. The van der Waals surface area contributed by atoms with E-state index in [1.807, 2.05) is 0 Å². The van der Waals surface area contributed by atoms with Gasteiger partial charge in [-0.05, 0) is 61.4 Å². The van der Waals surface area contributed by atoms with Crippen molar-refractivity contribution < 1.29 is 53.6 Å². The van der Waals surface area contributed by atoms with Gasteiger partial charge in [-0.25, -0.2) is 9.78 Å². The van der Waals surface area contributed by atoms with Crippen molar-refractivity contribution in [1.29, 1.82) is 0 Å². The maximum absolute atomic E-state index is 13.8. The van der Waals surface area contributed by atoms with Crippen LogP contribution in [0.4, 0.5) is 50.0 Å². The molecule has 2 atom stereocenters. The van der Waals surface area contributed by atoms with Crippen molar-refractivity contribution in [3.63, 3.8) is 0 Å². The second kappa shape index (κ2) is 14.1. The van der Waals surface area contributed by atoms with E-state index in [0.717, 1.165) is 15.5 Å². The molecule has 2 aromatic rings. The lowest BCUT2D eigenvalue weighted by Crippen LogP contribution is -2.49. The monoisotopic (exact) mass is 671 g/mol. The summed E-state index contributed by atoms with van der Waals surface area (Å²) in [6, 6.07) is 0.420. The molecule has 1 amide bonds. The number of halogens is 9. The summed E-state index contributed by atoms with van der Waals surface area (Å²) in [5.41, 5.74) is 8.27. The van der Waals surface area contributed by atoms with Crippen LogP contribution in [0.3, 0.4) is 0 Å². The first-order chi connectivity index (χ1) is 21.3. The SMILES string of the molecule is CC[C@H]1C[C@@H]([N+](Cc2cc(C(F)(F)F)cc(C(F)(F)F)c2)=C(N)NN=NCCN)c2nc(C(F)(F)F)ccc2N1C(=O)OC(C)C. The second-order valence-corrected chi connectivity index (χ2v) is 10.5. The summed E-state index contributed by atoms with van der Waals surface area (Å²) in [5, 5.41) is 7.28. The third kappa shape index (κ3) is 8.76. The number of alkyl halides is 9. The normalized spacial score (nSPS) is 18.1. The first kappa shape index (κ1) is 36.3. The lowest BCUT2D eigenvalue weighted by Gasteiger charge is -2.40. The number of carbonyl (C=O) groups excluding carboxylic acids is 1. The minimum absolute atomic E-state index is 0.0104. The number of pyridine rings is 1. The number of nitrogens with one attached hydrogen (secondary N) is 1. The molecule has 1 aromatic carbocycles. The molecule has 46 heavy (non-hydrogen) atoms. The molecule has 19 heteroatoms. The molecule has 0 fully saturated rings. The number of nitrogens with zero attached hydrogens (tertiary/aromatic N) is 5. The van der Waals surface area contributed by atoms with Gasteiger partial charge in [0.25, 0.3) is 0 Å². The Morgan fingerprint density at radius 3 is 2.17 bits per heavy atom. The van der Waals surface area contributed by atoms with Crippen LogP contribution in [0.5, 0.6) is 0 Å². The van der Waals surface area contributed by atoms with Gasteiger partial charge in [-0.1, -0.05) is 6.92 Å². The Bertz CT molecular complexity index is 1420. The van der Waals surface area contributed by atoms with Crippen LogP contribution >= 0.6 is 0 Å². The third-order valence-electron chi connectivity index (χ3n) is 6.78. The average molecular weight is 672 g/mol. The quantitative estimate of drug-likeness (QED) is 0.0770. The number of hydrogen-bond acceptors (Lipinski definition) is 6. The fraction of sp³-hybridized carbons (Fsp3) is 0.519. The predicted molar refractivity (Wildman–Crippen MR) is 146 cm³/mol. The number of benzene rings is 1. The van der Waals surface area contributed by atoms with Crippen molar-refractivity contribution in [3.05, 3.63) is 58.4 Å². The minimum atomic E-state index is -5.17. The van der Waals surface area contributed by atoms with Gasteiger partial charge >= 0.3 is 30.6 Å². The average Bonchev–Trinajstić information content (AvgIpc) is 2.95. The number of carbonyl (C=O) groups is 1. The maximum atomic E-state index is 13.8. The highest BCUT2D eigenvalue weighted by atomic mass is 19.4. The number of hydrogen-bond donors (Lipinski definition) is 3. The summed E-state index contributed by atoms with van der Waals surface area (Å²) in [6.45, 7) is 4.08. The first-order valence-corrected chi connectivity index (χ1v) is 13.9. The molecule has 1 aliphatic heterocycles. The van der Waals surface area contributed by atoms with E-state index < -0.39 is 77.7 Å². The molecular weight excluding hydrogens is 639 g/mol. The van der Waals surface area contributed by atoms with E-state index in [9.17, 15) is 44.3 Å². The fourth-order valence-corrected chi connectivity index (χ4v) is 4.80. The fourth-order valence-electron chi connectivity index (χ4n) is 4.80. The summed E-state index contributed by atoms with van der Waals surface area (Å²) in [6.07, 6.45) is -16.8. The zero-order valence-corrected chi connectivity index (χ0v) is 24.8. The molecule has 0 spiro atoms. The van der Waals surface area contributed by atoms with Crippen molar-refractivity contribution in [3.8, 4) is 0 Å². The zero-order valence-electron chi connectivity index (χ0n) is 24.8. The van der Waals surface area contributed by atoms with Crippen LogP contribution in [0.1, 0.15) is 67.7 Å². The van der Waals surface area contributed by atoms with Crippen molar-refractivity contribution in [2.75, 3.05) is 18.0 Å². The highest BCUT2D eigenvalue weighted by molar-refractivity contribution is 5.90. The Kier molecular flexibility index (Phi) is 11.1. The summed E-state index contributed by atoms with van der Waals surface area (Å²) in [5.74, 6) is -0.491. The lowest BCUT2D eigenvalue weighted by atomic mass is 9.92. The molecule has 0 saturated heterocycles. The summed E-state index contributed by atoms with van der Waals surface area (Å²) >= 11 is 0. The number of nitrogens with two attached hydrogens (primary N) is 2. The molecular formula is C27H32F9N8O2+. The summed E-state index contributed by atoms with van der Waals surface area (Å²) < 4.78 is 130. The van der Waals surface area contributed by atoms with Crippen LogP contribution < -0.4 is 21.8 Å². The minimum Gasteiger partial charge on any atom is -0.446 e. The maximum Gasteiger partial charge on any atom is 0.433 e. The predicted octanol–water partition coefficient (Wildman–Crippen LogP) is 6.16. The Hall–Kier alpha value is -4.16. The molecule has 0 saturated carbocycles. The van der Waals surface area contributed by atoms with E-state index in [2.05, 4.69) is 20.7 Å². The van der Waals surface area contributed by atoms with Gasteiger partial charge in [0.1, 0.15) is 17.4 Å². The molecule has 2 heterocycles. The Labute approximate surface area is 257 Å². The van der Waals surface area contributed by atoms with E-state index in [4.69, 9.17) is 16.2 Å². The number of fused-ring (bicyclic) bond motifs is 1.